The Morgan fingerprint density at radius 2 is 1.94 bits per heavy atom. The monoisotopic (exact) mass is 225 g/mol. The lowest BCUT2D eigenvalue weighted by Crippen LogP contribution is -2.45. The van der Waals surface area contributed by atoms with E-state index in [1.807, 2.05) is 0 Å². The van der Waals surface area contributed by atoms with Gasteiger partial charge in [0.2, 0.25) is 0 Å². The van der Waals surface area contributed by atoms with Crippen LogP contribution >= 0.6 is 0 Å². The minimum atomic E-state index is 0.361. The van der Waals surface area contributed by atoms with Gasteiger partial charge in [0.1, 0.15) is 0 Å². The first-order valence-corrected chi connectivity index (χ1v) is 7.10. The second kappa shape index (κ2) is 5.50. The second-order valence-electron chi connectivity index (χ2n) is 6.04. The third kappa shape index (κ3) is 2.78. The van der Waals surface area contributed by atoms with Crippen molar-refractivity contribution >= 4 is 0 Å². The van der Waals surface area contributed by atoms with Crippen LogP contribution in [0.5, 0.6) is 0 Å². The second-order valence-corrected chi connectivity index (χ2v) is 6.04. The van der Waals surface area contributed by atoms with Crippen molar-refractivity contribution in [3.05, 3.63) is 0 Å². The highest BCUT2D eigenvalue weighted by atomic mass is 16.3. The Kier molecular flexibility index (Phi) is 4.26. The van der Waals surface area contributed by atoms with Crippen LogP contribution in [-0.4, -0.2) is 24.3 Å². The van der Waals surface area contributed by atoms with Crippen LogP contribution in [-0.2, 0) is 0 Å². The molecule has 0 bridgehead atoms. The van der Waals surface area contributed by atoms with Crippen molar-refractivity contribution in [3.8, 4) is 0 Å². The van der Waals surface area contributed by atoms with Gasteiger partial charge in [-0.1, -0.05) is 19.3 Å². The average Bonchev–Trinajstić information content (AvgIpc) is 2.74. The van der Waals surface area contributed by atoms with Crippen molar-refractivity contribution in [2.24, 2.45) is 11.3 Å². The maximum absolute atomic E-state index is 9.12. The van der Waals surface area contributed by atoms with Crippen molar-refractivity contribution in [1.29, 1.82) is 0 Å². The Balaban J connectivity index is 1.72. The number of rotatable bonds is 6. The fraction of sp³-hybridized carbons (Fsp3) is 1.00. The van der Waals surface area contributed by atoms with E-state index in [2.05, 4.69) is 12.2 Å². The molecule has 2 N–H and O–H groups in total. The standard InChI is InChI=1S/C14H27NO/c1-12(13-5-2-3-6-13)15-11-14(9-10-16)7-4-8-14/h12-13,15-16H,2-11H2,1H3. The molecule has 2 aliphatic rings. The van der Waals surface area contributed by atoms with E-state index in [1.165, 1.54) is 44.9 Å². The lowest BCUT2D eigenvalue weighted by molar-refractivity contribution is 0.0805. The first-order chi connectivity index (χ1) is 7.76. The molecular formula is C14H27NO. The summed E-state index contributed by atoms with van der Waals surface area (Å²) in [5.74, 6) is 0.909. The number of hydrogen-bond acceptors (Lipinski definition) is 2. The average molecular weight is 225 g/mol. The zero-order chi connectivity index (χ0) is 11.4. The number of aliphatic hydroxyl groups is 1. The van der Waals surface area contributed by atoms with Crippen LogP contribution in [0.25, 0.3) is 0 Å². The Morgan fingerprint density at radius 1 is 1.25 bits per heavy atom. The van der Waals surface area contributed by atoms with E-state index in [1.54, 1.807) is 0 Å². The smallest absolute Gasteiger partial charge is 0.0436 e. The van der Waals surface area contributed by atoms with Crippen molar-refractivity contribution < 1.29 is 5.11 Å². The van der Waals surface area contributed by atoms with Crippen LogP contribution in [0, 0.1) is 11.3 Å². The molecule has 1 unspecified atom stereocenters. The summed E-state index contributed by atoms with van der Waals surface area (Å²) in [6.45, 7) is 3.84. The van der Waals surface area contributed by atoms with E-state index < -0.39 is 0 Å². The first-order valence-electron chi connectivity index (χ1n) is 7.10. The molecule has 2 rings (SSSR count). The third-order valence-electron chi connectivity index (χ3n) is 4.96. The molecule has 0 amide bonds. The summed E-state index contributed by atoms with van der Waals surface area (Å²) in [6.07, 6.45) is 10.7. The van der Waals surface area contributed by atoms with Gasteiger partial charge in [-0.3, -0.25) is 0 Å². The van der Waals surface area contributed by atoms with Gasteiger partial charge in [-0.2, -0.15) is 0 Å². The van der Waals surface area contributed by atoms with E-state index in [9.17, 15) is 0 Å². The summed E-state index contributed by atoms with van der Waals surface area (Å²) < 4.78 is 0. The van der Waals surface area contributed by atoms with Crippen molar-refractivity contribution in [3.63, 3.8) is 0 Å². The molecule has 2 saturated carbocycles. The maximum Gasteiger partial charge on any atom is 0.0436 e. The van der Waals surface area contributed by atoms with Gasteiger partial charge in [-0.15, -0.1) is 0 Å². The van der Waals surface area contributed by atoms with Crippen molar-refractivity contribution in [2.45, 2.75) is 64.3 Å². The van der Waals surface area contributed by atoms with Crippen LogP contribution in [0.2, 0.25) is 0 Å². The summed E-state index contributed by atoms with van der Waals surface area (Å²) in [5.41, 5.74) is 0.446. The van der Waals surface area contributed by atoms with Crippen LogP contribution < -0.4 is 5.32 Å². The van der Waals surface area contributed by atoms with Gasteiger partial charge in [0.05, 0.1) is 0 Å². The van der Waals surface area contributed by atoms with Gasteiger partial charge >= 0.3 is 0 Å². The topological polar surface area (TPSA) is 32.3 Å². The molecule has 2 nitrogen and oxygen atoms in total. The van der Waals surface area contributed by atoms with Crippen LogP contribution in [0.15, 0.2) is 0 Å². The summed E-state index contributed by atoms with van der Waals surface area (Å²) in [4.78, 5) is 0. The lowest BCUT2D eigenvalue weighted by atomic mass is 9.66. The largest absolute Gasteiger partial charge is 0.396 e. The molecule has 16 heavy (non-hydrogen) atoms. The molecule has 2 heteroatoms. The molecule has 0 spiro atoms. The number of aliphatic hydroxyl groups excluding tert-OH is 1. The third-order valence-corrected chi connectivity index (χ3v) is 4.96. The Morgan fingerprint density at radius 3 is 2.44 bits per heavy atom. The van der Waals surface area contributed by atoms with E-state index in [4.69, 9.17) is 5.11 Å². The highest BCUT2D eigenvalue weighted by Gasteiger charge is 2.36. The van der Waals surface area contributed by atoms with Gasteiger partial charge in [0, 0.05) is 19.2 Å². The normalized spacial score (nSPS) is 26.6. The zero-order valence-electron chi connectivity index (χ0n) is 10.7. The van der Waals surface area contributed by atoms with Gasteiger partial charge < -0.3 is 10.4 Å². The zero-order valence-corrected chi connectivity index (χ0v) is 10.7. The Hall–Kier alpha value is -0.0800. The summed E-state index contributed by atoms with van der Waals surface area (Å²) in [6, 6.07) is 0.679. The molecule has 0 saturated heterocycles. The van der Waals surface area contributed by atoms with E-state index in [-0.39, 0.29) is 0 Å². The summed E-state index contributed by atoms with van der Waals surface area (Å²) in [7, 11) is 0. The Labute approximate surface area is 99.8 Å². The van der Waals surface area contributed by atoms with Crippen LogP contribution in [0.1, 0.15) is 58.3 Å². The molecule has 2 aliphatic carbocycles. The first kappa shape index (κ1) is 12.4. The molecule has 2 fully saturated rings. The lowest BCUT2D eigenvalue weighted by Gasteiger charge is -2.43. The van der Waals surface area contributed by atoms with Crippen LogP contribution in [0.4, 0.5) is 0 Å². The van der Waals surface area contributed by atoms with Gasteiger partial charge in [-0.05, 0) is 50.4 Å². The van der Waals surface area contributed by atoms with E-state index in [0.717, 1.165) is 18.9 Å². The predicted octanol–water partition coefficient (Wildman–Crippen LogP) is 2.71. The minimum Gasteiger partial charge on any atom is -0.396 e. The number of nitrogens with one attached hydrogen (secondary N) is 1. The molecule has 0 heterocycles. The fourth-order valence-electron chi connectivity index (χ4n) is 3.43. The van der Waals surface area contributed by atoms with Crippen LogP contribution in [0.3, 0.4) is 0 Å². The molecule has 94 valence electrons. The van der Waals surface area contributed by atoms with Crippen molar-refractivity contribution in [2.75, 3.05) is 13.2 Å². The SMILES string of the molecule is CC(NCC1(CCO)CCC1)C1CCCC1. The summed E-state index contributed by atoms with van der Waals surface area (Å²) >= 11 is 0. The van der Waals surface area contributed by atoms with Crippen molar-refractivity contribution in [1.82, 2.24) is 5.32 Å². The highest BCUT2D eigenvalue weighted by molar-refractivity contribution is 4.91. The maximum atomic E-state index is 9.12. The molecule has 0 aliphatic heterocycles. The molecule has 1 atom stereocenters. The molecule has 0 aromatic heterocycles. The highest BCUT2D eigenvalue weighted by Crippen LogP contribution is 2.43. The van der Waals surface area contributed by atoms with Gasteiger partial charge in [0.25, 0.3) is 0 Å². The molecule has 0 aromatic carbocycles. The molecule has 0 aromatic rings. The number of hydrogen-bond donors (Lipinski definition) is 2. The molecule has 0 radical (unpaired) electrons. The predicted molar refractivity (Wildman–Crippen MR) is 67.4 cm³/mol. The van der Waals surface area contributed by atoms with Gasteiger partial charge in [-0.25, -0.2) is 0 Å². The van der Waals surface area contributed by atoms with E-state index >= 15 is 0 Å². The van der Waals surface area contributed by atoms with E-state index in [0.29, 0.717) is 18.1 Å². The molecular weight excluding hydrogens is 198 g/mol. The summed E-state index contributed by atoms with van der Waals surface area (Å²) in [5, 5.41) is 12.9. The fourth-order valence-corrected chi connectivity index (χ4v) is 3.43. The minimum absolute atomic E-state index is 0.361. The van der Waals surface area contributed by atoms with Gasteiger partial charge in [0.15, 0.2) is 0 Å². The quantitative estimate of drug-likeness (QED) is 0.728. The Bertz CT molecular complexity index is 207.